The van der Waals surface area contributed by atoms with Crippen molar-refractivity contribution in [3.8, 4) is 22.8 Å². The van der Waals surface area contributed by atoms with E-state index in [1.165, 1.54) is 20.3 Å². The van der Waals surface area contributed by atoms with Crippen LogP contribution < -0.4 is 9.47 Å². The lowest BCUT2D eigenvalue weighted by molar-refractivity contribution is 0.0686. The highest BCUT2D eigenvalue weighted by molar-refractivity contribution is 5.86. The van der Waals surface area contributed by atoms with Crippen LogP contribution in [0.1, 0.15) is 10.5 Å². The van der Waals surface area contributed by atoms with Gasteiger partial charge >= 0.3 is 5.97 Å². The van der Waals surface area contributed by atoms with Gasteiger partial charge in [0, 0.05) is 17.7 Å². The van der Waals surface area contributed by atoms with Gasteiger partial charge in [-0.05, 0) is 12.1 Å². The van der Waals surface area contributed by atoms with E-state index < -0.39 is 5.97 Å². The van der Waals surface area contributed by atoms with Crippen molar-refractivity contribution in [3.63, 3.8) is 0 Å². The summed E-state index contributed by atoms with van der Waals surface area (Å²) in [6, 6.07) is 6.46. The molecule has 0 radical (unpaired) electrons. The summed E-state index contributed by atoms with van der Waals surface area (Å²) in [5.74, 6) is 0.361. The largest absolute Gasteiger partial charge is 0.497 e. The molecule has 2 rings (SSSR count). The molecule has 6 heteroatoms. The zero-order valence-corrected chi connectivity index (χ0v) is 9.84. The third-order valence-corrected chi connectivity index (χ3v) is 2.37. The highest BCUT2D eigenvalue weighted by Gasteiger charge is 2.13. The third-order valence-electron chi connectivity index (χ3n) is 2.37. The van der Waals surface area contributed by atoms with E-state index >= 15 is 0 Å². The van der Waals surface area contributed by atoms with Crippen LogP contribution in [0, 0.1) is 0 Å². The fraction of sp³-hybridized carbons (Fsp3) is 0.167. The van der Waals surface area contributed by atoms with E-state index in [4.69, 9.17) is 19.1 Å². The Labute approximate surface area is 103 Å². The molecule has 0 fully saturated rings. The van der Waals surface area contributed by atoms with E-state index in [1.54, 1.807) is 18.2 Å². The van der Waals surface area contributed by atoms with Crippen LogP contribution in [0.3, 0.4) is 0 Å². The van der Waals surface area contributed by atoms with Gasteiger partial charge < -0.3 is 19.1 Å². The first kappa shape index (κ1) is 12.0. The Hall–Kier alpha value is -2.50. The van der Waals surface area contributed by atoms with E-state index in [2.05, 4.69) is 5.16 Å². The highest BCUT2D eigenvalue weighted by atomic mass is 16.5. The molecule has 6 nitrogen and oxygen atoms in total. The molecule has 1 heterocycles. The predicted molar refractivity (Wildman–Crippen MR) is 62.0 cm³/mol. The van der Waals surface area contributed by atoms with Crippen LogP contribution in [0.15, 0.2) is 28.8 Å². The molecule has 0 saturated carbocycles. The van der Waals surface area contributed by atoms with E-state index in [0.29, 0.717) is 22.8 Å². The summed E-state index contributed by atoms with van der Waals surface area (Å²) >= 11 is 0. The summed E-state index contributed by atoms with van der Waals surface area (Å²) in [5, 5.41) is 12.2. The van der Waals surface area contributed by atoms with Crippen molar-refractivity contribution in [2.24, 2.45) is 0 Å². The average Bonchev–Trinajstić information content (AvgIpc) is 2.87. The van der Waals surface area contributed by atoms with Crippen molar-refractivity contribution >= 4 is 5.97 Å². The molecule has 0 aliphatic carbocycles. The van der Waals surface area contributed by atoms with Crippen LogP contribution in [0.25, 0.3) is 11.3 Å². The number of hydrogen-bond acceptors (Lipinski definition) is 5. The normalized spacial score (nSPS) is 10.1. The number of benzene rings is 1. The number of methoxy groups -OCH3 is 2. The standard InChI is InChI=1S/C12H11NO5/c1-16-8-3-7(4-9(5-8)17-2)11-6-10(12(14)15)13-18-11/h3-6H,1-2H3,(H,14,15). The molecule has 0 bridgehead atoms. The molecule has 1 aromatic heterocycles. The SMILES string of the molecule is COc1cc(OC)cc(-c2cc(C(=O)O)no2)c1. The highest BCUT2D eigenvalue weighted by Crippen LogP contribution is 2.30. The molecule has 0 spiro atoms. The molecular weight excluding hydrogens is 238 g/mol. The minimum absolute atomic E-state index is 0.146. The van der Waals surface area contributed by atoms with Crippen molar-refractivity contribution in [2.75, 3.05) is 14.2 Å². The Bertz CT molecular complexity index is 553. The smallest absolute Gasteiger partial charge is 0.358 e. The van der Waals surface area contributed by atoms with E-state index in [-0.39, 0.29) is 5.69 Å². The zero-order valence-electron chi connectivity index (χ0n) is 9.84. The van der Waals surface area contributed by atoms with E-state index in [9.17, 15) is 4.79 Å². The monoisotopic (exact) mass is 249 g/mol. The second-order valence-corrected chi connectivity index (χ2v) is 3.48. The number of carboxylic acids is 1. The number of hydrogen-bond donors (Lipinski definition) is 1. The third kappa shape index (κ3) is 2.27. The molecule has 1 aromatic carbocycles. The van der Waals surface area contributed by atoms with Crippen LogP contribution >= 0.6 is 0 Å². The molecule has 0 aliphatic heterocycles. The topological polar surface area (TPSA) is 81.8 Å². The lowest BCUT2D eigenvalue weighted by Gasteiger charge is -2.06. The van der Waals surface area contributed by atoms with Crippen LogP contribution in [-0.2, 0) is 0 Å². The van der Waals surface area contributed by atoms with Gasteiger partial charge in [-0.2, -0.15) is 0 Å². The number of aromatic nitrogens is 1. The summed E-state index contributed by atoms with van der Waals surface area (Å²) in [5.41, 5.74) is 0.484. The maximum Gasteiger partial charge on any atom is 0.358 e. The van der Waals surface area contributed by atoms with Crippen LogP contribution in [0.2, 0.25) is 0 Å². The number of nitrogens with zero attached hydrogens (tertiary/aromatic N) is 1. The fourth-order valence-corrected chi connectivity index (χ4v) is 1.46. The maximum absolute atomic E-state index is 10.7. The van der Waals surface area contributed by atoms with Crippen LogP contribution in [0.5, 0.6) is 11.5 Å². The molecule has 0 saturated heterocycles. The van der Waals surface area contributed by atoms with Crippen LogP contribution in [-0.4, -0.2) is 30.5 Å². The first-order valence-electron chi connectivity index (χ1n) is 5.07. The molecule has 1 N–H and O–H groups in total. The van der Waals surface area contributed by atoms with Crippen molar-refractivity contribution in [3.05, 3.63) is 30.0 Å². The molecule has 0 unspecified atom stereocenters. The summed E-state index contributed by atoms with van der Waals surface area (Å²) in [6.45, 7) is 0. The minimum atomic E-state index is -1.14. The van der Waals surface area contributed by atoms with Crippen molar-refractivity contribution in [2.45, 2.75) is 0 Å². The summed E-state index contributed by atoms with van der Waals surface area (Å²) in [7, 11) is 3.06. The van der Waals surface area contributed by atoms with E-state index in [1.807, 2.05) is 0 Å². The number of rotatable bonds is 4. The molecule has 18 heavy (non-hydrogen) atoms. The van der Waals surface area contributed by atoms with Gasteiger partial charge in [0.1, 0.15) is 11.5 Å². The lowest BCUT2D eigenvalue weighted by Crippen LogP contribution is -1.94. The minimum Gasteiger partial charge on any atom is -0.497 e. The van der Waals surface area contributed by atoms with Gasteiger partial charge in [-0.1, -0.05) is 5.16 Å². The van der Waals surface area contributed by atoms with Crippen molar-refractivity contribution in [1.29, 1.82) is 0 Å². The molecule has 0 aliphatic rings. The van der Waals surface area contributed by atoms with Gasteiger partial charge in [-0.25, -0.2) is 4.79 Å². The molecule has 0 atom stereocenters. The van der Waals surface area contributed by atoms with Gasteiger partial charge in [0.15, 0.2) is 11.5 Å². The summed E-state index contributed by atoms with van der Waals surface area (Å²) in [6.07, 6.45) is 0. The Morgan fingerprint density at radius 1 is 1.17 bits per heavy atom. The fourth-order valence-electron chi connectivity index (χ4n) is 1.46. The lowest BCUT2D eigenvalue weighted by atomic mass is 10.1. The van der Waals surface area contributed by atoms with Crippen molar-refractivity contribution < 1.29 is 23.9 Å². The molecule has 94 valence electrons. The number of ether oxygens (including phenoxy) is 2. The Morgan fingerprint density at radius 2 is 1.78 bits per heavy atom. The molecule has 2 aromatic rings. The summed E-state index contributed by atoms with van der Waals surface area (Å²) in [4.78, 5) is 10.7. The second kappa shape index (κ2) is 4.79. The van der Waals surface area contributed by atoms with Gasteiger partial charge in [0.25, 0.3) is 0 Å². The molecule has 0 amide bonds. The molecular formula is C12H11NO5. The second-order valence-electron chi connectivity index (χ2n) is 3.48. The quantitative estimate of drug-likeness (QED) is 0.893. The average molecular weight is 249 g/mol. The first-order chi connectivity index (χ1) is 8.63. The van der Waals surface area contributed by atoms with Crippen molar-refractivity contribution in [1.82, 2.24) is 5.16 Å². The number of carbonyl (C=O) groups is 1. The predicted octanol–water partition coefficient (Wildman–Crippen LogP) is 2.06. The van der Waals surface area contributed by atoms with Gasteiger partial charge in [0.05, 0.1) is 14.2 Å². The van der Waals surface area contributed by atoms with E-state index in [0.717, 1.165) is 0 Å². The first-order valence-corrected chi connectivity index (χ1v) is 5.07. The summed E-state index contributed by atoms with van der Waals surface area (Å²) < 4.78 is 15.2. The van der Waals surface area contributed by atoms with Gasteiger partial charge in [-0.15, -0.1) is 0 Å². The Balaban J connectivity index is 2.45. The maximum atomic E-state index is 10.7. The van der Waals surface area contributed by atoms with Gasteiger partial charge in [-0.3, -0.25) is 0 Å². The zero-order chi connectivity index (χ0) is 13.1. The van der Waals surface area contributed by atoms with Gasteiger partial charge in [0.2, 0.25) is 0 Å². The number of carboxylic acid groups (broad SMARTS) is 1. The van der Waals surface area contributed by atoms with Crippen LogP contribution in [0.4, 0.5) is 0 Å². The Morgan fingerprint density at radius 3 is 2.22 bits per heavy atom. The number of aromatic carboxylic acids is 1. The Kier molecular flexibility index (Phi) is 3.18.